The fraction of sp³-hybridized carbons (Fsp3) is 0.545. The van der Waals surface area contributed by atoms with Gasteiger partial charge in [0, 0.05) is 19.0 Å². The lowest BCUT2D eigenvalue weighted by atomic mass is 10.2. The predicted octanol–water partition coefficient (Wildman–Crippen LogP) is 0.123. The summed E-state index contributed by atoms with van der Waals surface area (Å²) in [4.78, 5) is 29.3. The van der Waals surface area contributed by atoms with Crippen molar-refractivity contribution >= 4 is 23.2 Å². The van der Waals surface area contributed by atoms with Gasteiger partial charge in [-0.05, 0) is 13.3 Å². The van der Waals surface area contributed by atoms with Crippen LogP contribution in [0.1, 0.15) is 34.9 Å². The standard InChI is InChI=1S/C11H16N4O2S/c1-6(12)10-14-8(5-18-10)9(16)13-7-3-4-15(2)11(7)17/h5-7H,3-4,12H2,1-2H3,(H,13,16). The summed E-state index contributed by atoms with van der Waals surface area (Å²) >= 11 is 1.35. The second-order valence-electron chi connectivity index (χ2n) is 4.43. The summed E-state index contributed by atoms with van der Waals surface area (Å²) in [7, 11) is 1.73. The molecule has 0 bridgehead atoms. The maximum Gasteiger partial charge on any atom is 0.271 e. The van der Waals surface area contributed by atoms with Gasteiger partial charge in [0.25, 0.3) is 5.91 Å². The van der Waals surface area contributed by atoms with E-state index < -0.39 is 6.04 Å². The monoisotopic (exact) mass is 268 g/mol. The largest absolute Gasteiger partial charge is 0.344 e. The lowest BCUT2D eigenvalue weighted by molar-refractivity contribution is -0.128. The van der Waals surface area contributed by atoms with Crippen molar-refractivity contribution < 1.29 is 9.59 Å². The third kappa shape index (κ3) is 2.51. The van der Waals surface area contributed by atoms with Crippen LogP contribution in [0.3, 0.4) is 0 Å². The molecule has 2 rings (SSSR count). The van der Waals surface area contributed by atoms with Gasteiger partial charge in [-0.2, -0.15) is 0 Å². The van der Waals surface area contributed by atoms with Gasteiger partial charge in [0.05, 0.1) is 6.04 Å². The summed E-state index contributed by atoms with van der Waals surface area (Å²) in [5.74, 6) is -0.363. The van der Waals surface area contributed by atoms with Crippen LogP contribution in [0.4, 0.5) is 0 Å². The second-order valence-corrected chi connectivity index (χ2v) is 5.32. The van der Waals surface area contributed by atoms with E-state index in [4.69, 9.17) is 5.73 Å². The average Bonchev–Trinajstić information content (AvgIpc) is 2.91. The van der Waals surface area contributed by atoms with Crippen LogP contribution in [0.2, 0.25) is 0 Å². The van der Waals surface area contributed by atoms with E-state index in [0.29, 0.717) is 18.7 Å². The molecule has 3 N–H and O–H groups in total. The van der Waals surface area contributed by atoms with Gasteiger partial charge < -0.3 is 16.0 Å². The Kier molecular flexibility index (Phi) is 3.63. The summed E-state index contributed by atoms with van der Waals surface area (Å²) in [6.45, 7) is 2.49. The quantitative estimate of drug-likeness (QED) is 0.815. The van der Waals surface area contributed by atoms with E-state index in [2.05, 4.69) is 10.3 Å². The highest BCUT2D eigenvalue weighted by atomic mass is 32.1. The van der Waals surface area contributed by atoms with Crippen molar-refractivity contribution in [1.82, 2.24) is 15.2 Å². The number of thiazole rings is 1. The molecule has 1 saturated heterocycles. The van der Waals surface area contributed by atoms with Gasteiger partial charge in [-0.25, -0.2) is 4.98 Å². The topological polar surface area (TPSA) is 88.3 Å². The highest BCUT2D eigenvalue weighted by Crippen LogP contribution is 2.16. The zero-order chi connectivity index (χ0) is 13.3. The average molecular weight is 268 g/mol. The molecular weight excluding hydrogens is 252 g/mol. The fourth-order valence-corrected chi connectivity index (χ4v) is 2.55. The van der Waals surface area contributed by atoms with Crippen LogP contribution in [0.25, 0.3) is 0 Å². The molecular formula is C11H16N4O2S. The van der Waals surface area contributed by atoms with E-state index in [0.717, 1.165) is 5.01 Å². The Morgan fingerprint density at radius 2 is 2.44 bits per heavy atom. The Bertz CT molecular complexity index is 471. The van der Waals surface area contributed by atoms with Gasteiger partial charge in [0.1, 0.15) is 16.7 Å². The van der Waals surface area contributed by atoms with Crippen molar-refractivity contribution in [3.63, 3.8) is 0 Å². The molecule has 2 unspecified atom stereocenters. The number of hydrogen-bond donors (Lipinski definition) is 2. The third-order valence-electron chi connectivity index (χ3n) is 2.88. The van der Waals surface area contributed by atoms with Crippen molar-refractivity contribution in [3.05, 3.63) is 16.1 Å². The molecule has 1 aromatic rings. The smallest absolute Gasteiger partial charge is 0.271 e. The molecule has 0 aliphatic carbocycles. The van der Waals surface area contributed by atoms with Gasteiger partial charge in [0.2, 0.25) is 5.91 Å². The molecule has 98 valence electrons. The van der Waals surface area contributed by atoms with Crippen LogP contribution >= 0.6 is 11.3 Å². The molecule has 2 heterocycles. The van der Waals surface area contributed by atoms with Crippen molar-refractivity contribution in [2.75, 3.05) is 13.6 Å². The van der Waals surface area contributed by atoms with Crippen LogP contribution in [0, 0.1) is 0 Å². The minimum atomic E-state index is -0.428. The van der Waals surface area contributed by atoms with E-state index in [1.807, 2.05) is 6.92 Å². The second kappa shape index (κ2) is 5.03. The molecule has 18 heavy (non-hydrogen) atoms. The van der Waals surface area contributed by atoms with Crippen LogP contribution in [0.5, 0.6) is 0 Å². The lowest BCUT2D eigenvalue weighted by Crippen LogP contribution is -2.40. The van der Waals surface area contributed by atoms with Gasteiger partial charge in [-0.3, -0.25) is 9.59 Å². The molecule has 1 aromatic heterocycles. The zero-order valence-corrected chi connectivity index (χ0v) is 11.2. The Morgan fingerprint density at radius 1 is 1.72 bits per heavy atom. The summed E-state index contributed by atoms with van der Waals surface area (Å²) in [5, 5.41) is 5.08. The first-order chi connectivity index (χ1) is 8.49. The Labute approximate surface area is 109 Å². The van der Waals surface area contributed by atoms with Gasteiger partial charge in [0.15, 0.2) is 0 Å². The maximum absolute atomic E-state index is 11.9. The molecule has 2 amide bonds. The highest BCUT2D eigenvalue weighted by Gasteiger charge is 2.30. The van der Waals surface area contributed by atoms with Gasteiger partial charge >= 0.3 is 0 Å². The zero-order valence-electron chi connectivity index (χ0n) is 10.3. The Hall–Kier alpha value is -1.47. The number of amides is 2. The van der Waals surface area contributed by atoms with Crippen molar-refractivity contribution in [2.45, 2.75) is 25.4 Å². The van der Waals surface area contributed by atoms with Crippen LogP contribution in [0.15, 0.2) is 5.38 Å². The van der Waals surface area contributed by atoms with E-state index in [-0.39, 0.29) is 17.9 Å². The number of nitrogens with zero attached hydrogens (tertiary/aromatic N) is 2. The Balaban J connectivity index is 2.01. The fourth-order valence-electron chi connectivity index (χ4n) is 1.79. The maximum atomic E-state index is 11.9. The van der Waals surface area contributed by atoms with E-state index >= 15 is 0 Å². The summed E-state index contributed by atoms with van der Waals surface area (Å²) in [6.07, 6.45) is 0.644. The summed E-state index contributed by atoms with van der Waals surface area (Å²) < 4.78 is 0. The van der Waals surface area contributed by atoms with Gasteiger partial charge in [-0.15, -0.1) is 11.3 Å². The van der Waals surface area contributed by atoms with E-state index in [9.17, 15) is 9.59 Å². The van der Waals surface area contributed by atoms with E-state index in [1.165, 1.54) is 11.3 Å². The van der Waals surface area contributed by atoms with Crippen molar-refractivity contribution in [3.8, 4) is 0 Å². The highest BCUT2D eigenvalue weighted by molar-refractivity contribution is 7.09. The summed E-state index contributed by atoms with van der Waals surface area (Å²) in [6, 6.07) is -0.612. The van der Waals surface area contributed by atoms with Crippen LogP contribution in [-0.2, 0) is 4.79 Å². The molecule has 6 nitrogen and oxygen atoms in total. The predicted molar refractivity (Wildman–Crippen MR) is 68.2 cm³/mol. The first-order valence-electron chi connectivity index (χ1n) is 5.76. The number of carbonyl (C=O) groups excluding carboxylic acids is 2. The van der Waals surface area contributed by atoms with Gasteiger partial charge in [-0.1, -0.05) is 0 Å². The number of hydrogen-bond acceptors (Lipinski definition) is 5. The van der Waals surface area contributed by atoms with Crippen LogP contribution < -0.4 is 11.1 Å². The number of likely N-dealkylation sites (tertiary alicyclic amines) is 1. The Morgan fingerprint density at radius 3 is 2.94 bits per heavy atom. The van der Waals surface area contributed by atoms with Crippen molar-refractivity contribution in [1.29, 1.82) is 0 Å². The molecule has 0 saturated carbocycles. The normalized spacial score (nSPS) is 21.2. The summed E-state index contributed by atoms with van der Waals surface area (Å²) in [5.41, 5.74) is 6.01. The molecule has 0 aromatic carbocycles. The SMILES string of the molecule is CC(N)c1nc(C(=O)NC2CCN(C)C2=O)cs1. The first-order valence-corrected chi connectivity index (χ1v) is 6.64. The molecule has 2 atom stereocenters. The number of likely N-dealkylation sites (N-methyl/N-ethyl adjacent to an activating group) is 1. The molecule has 0 spiro atoms. The molecule has 1 fully saturated rings. The molecule has 1 aliphatic rings. The van der Waals surface area contributed by atoms with E-state index in [1.54, 1.807) is 17.3 Å². The van der Waals surface area contributed by atoms with Crippen molar-refractivity contribution in [2.24, 2.45) is 5.73 Å². The first kappa shape index (κ1) is 13.0. The number of nitrogens with two attached hydrogens (primary N) is 1. The number of nitrogens with one attached hydrogen (secondary N) is 1. The third-order valence-corrected chi connectivity index (χ3v) is 3.92. The molecule has 1 aliphatic heterocycles. The molecule has 7 heteroatoms. The number of rotatable bonds is 3. The lowest BCUT2D eigenvalue weighted by Gasteiger charge is -2.11. The minimum Gasteiger partial charge on any atom is -0.344 e. The number of carbonyl (C=O) groups is 2. The minimum absolute atomic E-state index is 0.0500. The number of aromatic nitrogens is 1. The van der Waals surface area contributed by atoms with Crippen LogP contribution in [-0.4, -0.2) is 41.3 Å². The molecule has 0 radical (unpaired) electrons.